The van der Waals surface area contributed by atoms with E-state index in [-0.39, 0.29) is 47.5 Å². The summed E-state index contributed by atoms with van der Waals surface area (Å²) in [4.78, 5) is 42.4. The van der Waals surface area contributed by atoms with Crippen LogP contribution in [0.4, 0.5) is 15.0 Å². The number of piperazine rings is 1. The van der Waals surface area contributed by atoms with E-state index in [0.717, 1.165) is 5.56 Å². The lowest BCUT2D eigenvalue weighted by molar-refractivity contribution is 0.136. The zero-order valence-electron chi connectivity index (χ0n) is 22.6. The summed E-state index contributed by atoms with van der Waals surface area (Å²) < 4.78 is 16.3. The van der Waals surface area contributed by atoms with E-state index in [4.69, 9.17) is 4.98 Å². The van der Waals surface area contributed by atoms with Gasteiger partial charge in [-0.3, -0.25) is 4.98 Å². The number of pyridine rings is 2. The van der Waals surface area contributed by atoms with Gasteiger partial charge in [-0.1, -0.05) is 26.0 Å². The topological polar surface area (TPSA) is 128 Å². The number of anilines is 1. The fourth-order valence-electron chi connectivity index (χ4n) is 5.23. The first-order valence-corrected chi connectivity index (χ1v) is 13.0. The summed E-state index contributed by atoms with van der Waals surface area (Å²) in [7, 11) is 0. The van der Waals surface area contributed by atoms with Crippen molar-refractivity contribution in [3.8, 4) is 23.0 Å². The van der Waals surface area contributed by atoms with Crippen molar-refractivity contribution in [1.82, 2.24) is 24.4 Å². The predicted molar refractivity (Wildman–Crippen MR) is 148 cm³/mol. The van der Waals surface area contributed by atoms with Crippen LogP contribution in [-0.2, 0) is 0 Å². The molecule has 0 bridgehead atoms. The van der Waals surface area contributed by atoms with Gasteiger partial charge in [-0.2, -0.15) is 10.2 Å². The van der Waals surface area contributed by atoms with Crippen LogP contribution in [0, 0.1) is 24.1 Å². The van der Waals surface area contributed by atoms with Crippen LogP contribution in [0.2, 0.25) is 0 Å². The highest BCUT2D eigenvalue weighted by Crippen LogP contribution is 2.34. The molecule has 40 heavy (non-hydrogen) atoms. The third kappa shape index (κ3) is 4.51. The highest BCUT2D eigenvalue weighted by molar-refractivity contribution is 5.92. The van der Waals surface area contributed by atoms with E-state index in [1.807, 2.05) is 32.6 Å². The molecular formula is C29H28FN7O3. The highest BCUT2D eigenvalue weighted by atomic mass is 19.1. The van der Waals surface area contributed by atoms with Gasteiger partial charge in [-0.25, -0.2) is 23.5 Å². The molecule has 204 valence electrons. The molecule has 1 saturated heterocycles. The van der Waals surface area contributed by atoms with Gasteiger partial charge in [-0.05, 0) is 49.6 Å². The van der Waals surface area contributed by atoms with Crippen molar-refractivity contribution in [2.24, 2.45) is 0 Å². The summed E-state index contributed by atoms with van der Waals surface area (Å²) in [5.74, 6) is -0.288. The van der Waals surface area contributed by atoms with E-state index in [2.05, 4.69) is 16.0 Å². The molecule has 0 spiro atoms. The summed E-state index contributed by atoms with van der Waals surface area (Å²) in [6, 6.07) is 11.2. The second-order valence-electron chi connectivity index (χ2n) is 10.2. The van der Waals surface area contributed by atoms with Crippen molar-refractivity contribution in [2.75, 3.05) is 24.5 Å². The number of nitrogens with zero attached hydrogens (tertiary/aromatic N) is 7. The lowest BCUT2D eigenvalue weighted by atomic mass is 10.0. The van der Waals surface area contributed by atoms with Crippen molar-refractivity contribution in [1.29, 1.82) is 5.26 Å². The number of carbonyl (C=O) groups is 1. The molecule has 1 aromatic carbocycles. The van der Waals surface area contributed by atoms with E-state index in [0.29, 0.717) is 29.1 Å². The van der Waals surface area contributed by atoms with Crippen molar-refractivity contribution in [3.63, 3.8) is 0 Å². The highest BCUT2D eigenvalue weighted by Gasteiger charge is 2.31. The number of rotatable bonds is 4. The van der Waals surface area contributed by atoms with Crippen LogP contribution in [0.15, 0.2) is 47.4 Å². The fraction of sp³-hybridized carbons (Fsp3) is 0.310. The van der Waals surface area contributed by atoms with E-state index in [9.17, 15) is 24.3 Å². The van der Waals surface area contributed by atoms with Crippen LogP contribution in [-0.4, -0.2) is 61.3 Å². The molecule has 4 heterocycles. The van der Waals surface area contributed by atoms with Crippen LogP contribution in [0.3, 0.4) is 0 Å². The molecule has 1 N–H and O–H groups in total. The van der Waals surface area contributed by atoms with Crippen LogP contribution in [0.5, 0.6) is 0 Å². The summed E-state index contributed by atoms with van der Waals surface area (Å²) in [5, 5.41) is 20.0. The Labute approximate surface area is 230 Å². The minimum absolute atomic E-state index is 0.0370. The first-order valence-electron chi connectivity index (χ1n) is 13.0. The normalized spacial score (nSPS) is 15.5. The van der Waals surface area contributed by atoms with Gasteiger partial charge >= 0.3 is 11.8 Å². The number of amides is 1. The van der Waals surface area contributed by atoms with E-state index >= 15 is 0 Å². The minimum Gasteiger partial charge on any atom is -0.465 e. The summed E-state index contributed by atoms with van der Waals surface area (Å²) in [6.07, 6.45) is 0.662. The molecule has 11 heteroatoms. The van der Waals surface area contributed by atoms with Crippen LogP contribution in [0.1, 0.15) is 43.5 Å². The maximum absolute atomic E-state index is 15.0. The van der Waals surface area contributed by atoms with Crippen LogP contribution >= 0.6 is 0 Å². The molecule has 4 aromatic rings. The van der Waals surface area contributed by atoms with Gasteiger partial charge < -0.3 is 14.9 Å². The number of fused-ring (bicyclic) bond motifs is 1. The number of aromatic nitrogens is 4. The van der Waals surface area contributed by atoms with E-state index in [1.165, 1.54) is 21.6 Å². The SMILES string of the molecule is Cc1ccnc(C(C)C)c1-n1c(=O)nc(N2CCN(C(=O)O)CC2C)c2cc(C#N)c(-c3ccccc3F)nc21. The summed E-state index contributed by atoms with van der Waals surface area (Å²) in [6.45, 7) is 8.38. The lowest BCUT2D eigenvalue weighted by Gasteiger charge is -2.39. The Morgan fingerprint density at radius 3 is 2.60 bits per heavy atom. The Morgan fingerprint density at radius 2 is 1.95 bits per heavy atom. The first-order chi connectivity index (χ1) is 19.1. The maximum atomic E-state index is 15.0. The third-order valence-electron chi connectivity index (χ3n) is 7.19. The monoisotopic (exact) mass is 541 g/mol. The van der Waals surface area contributed by atoms with Crippen molar-refractivity contribution < 1.29 is 14.3 Å². The standard InChI is InChI=1S/C29H28FN7O3/c1-16(2)23-25(17(3)9-10-32-23)37-27-21(13-19(14-31)24(33-27)20-7-5-6-8-22(20)30)26(34-28(37)38)36-12-11-35(29(39)40)15-18(36)4/h5-10,13,16,18H,11-12,15H2,1-4H3,(H,39,40). The number of benzene rings is 1. The molecule has 1 aliphatic rings. The van der Waals surface area contributed by atoms with Crippen molar-refractivity contribution >= 4 is 22.9 Å². The van der Waals surface area contributed by atoms with Gasteiger partial charge in [0.25, 0.3) is 0 Å². The van der Waals surface area contributed by atoms with Gasteiger partial charge in [0, 0.05) is 37.4 Å². The average molecular weight is 542 g/mol. The van der Waals surface area contributed by atoms with Gasteiger partial charge in [0.1, 0.15) is 17.7 Å². The molecule has 1 fully saturated rings. The lowest BCUT2D eigenvalue weighted by Crippen LogP contribution is -2.54. The van der Waals surface area contributed by atoms with Gasteiger partial charge in [0.15, 0.2) is 5.65 Å². The number of aryl methyl sites for hydroxylation is 1. The molecule has 10 nitrogen and oxygen atoms in total. The Balaban J connectivity index is 1.87. The number of carboxylic acid groups (broad SMARTS) is 1. The molecule has 1 aliphatic heterocycles. The molecule has 1 atom stereocenters. The van der Waals surface area contributed by atoms with Crippen LogP contribution in [0.25, 0.3) is 28.0 Å². The Kier molecular flexibility index (Phi) is 6.94. The average Bonchev–Trinajstić information content (AvgIpc) is 2.92. The van der Waals surface area contributed by atoms with Crippen molar-refractivity contribution in [3.05, 3.63) is 75.7 Å². The molecule has 0 aliphatic carbocycles. The second kappa shape index (κ2) is 10.4. The zero-order valence-corrected chi connectivity index (χ0v) is 22.6. The predicted octanol–water partition coefficient (Wildman–Crippen LogP) is 4.47. The Morgan fingerprint density at radius 1 is 1.20 bits per heavy atom. The van der Waals surface area contributed by atoms with Crippen molar-refractivity contribution in [2.45, 2.75) is 39.7 Å². The van der Waals surface area contributed by atoms with Gasteiger partial charge in [0.2, 0.25) is 0 Å². The zero-order chi connectivity index (χ0) is 28.7. The minimum atomic E-state index is -1.02. The Bertz CT molecular complexity index is 1740. The number of hydrogen-bond donors (Lipinski definition) is 1. The first kappa shape index (κ1) is 26.7. The fourth-order valence-corrected chi connectivity index (χ4v) is 5.23. The third-order valence-corrected chi connectivity index (χ3v) is 7.19. The molecule has 5 rings (SSSR count). The van der Waals surface area contributed by atoms with Crippen LogP contribution < -0.4 is 10.6 Å². The molecular weight excluding hydrogens is 513 g/mol. The number of nitriles is 1. The Hall–Kier alpha value is -4.85. The maximum Gasteiger partial charge on any atom is 0.407 e. The van der Waals surface area contributed by atoms with E-state index in [1.54, 1.807) is 30.5 Å². The molecule has 0 saturated carbocycles. The molecule has 1 unspecified atom stereocenters. The second-order valence-corrected chi connectivity index (χ2v) is 10.2. The molecule has 3 aromatic heterocycles. The quantitative estimate of drug-likeness (QED) is 0.401. The van der Waals surface area contributed by atoms with Gasteiger partial charge in [0.05, 0.1) is 28.0 Å². The summed E-state index contributed by atoms with van der Waals surface area (Å²) >= 11 is 0. The molecule has 1 amide bonds. The van der Waals surface area contributed by atoms with Gasteiger partial charge in [-0.15, -0.1) is 0 Å². The largest absolute Gasteiger partial charge is 0.465 e. The molecule has 0 radical (unpaired) electrons. The number of hydrogen-bond acceptors (Lipinski definition) is 7. The summed E-state index contributed by atoms with van der Waals surface area (Å²) in [5.41, 5.74) is 1.94. The smallest absolute Gasteiger partial charge is 0.407 e. The van der Waals surface area contributed by atoms with E-state index < -0.39 is 17.6 Å². The number of halogens is 1.